The van der Waals surface area contributed by atoms with Gasteiger partial charge in [-0.15, -0.1) is 0 Å². The van der Waals surface area contributed by atoms with Gasteiger partial charge in [-0.1, -0.05) is 30.4 Å². The fraction of sp³-hybridized carbons (Fsp3) is 0.0625. The lowest BCUT2D eigenvalue weighted by atomic mass is 10.1. The molecule has 1 aromatic carbocycles. The highest BCUT2D eigenvalue weighted by atomic mass is 32.1. The fourth-order valence-electron chi connectivity index (χ4n) is 1.79. The van der Waals surface area contributed by atoms with Crippen molar-refractivity contribution in [1.29, 1.82) is 0 Å². The molecule has 108 valence electrons. The highest BCUT2D eigenvalue weighted by Crippen LogP contribution is 2.17. The predicted molar refractivity (Wildman–Crippen MR) is 90.4 cm³/mol. The minimum atomic E-state index is 0.183. The number of nitrogens with two attached hydrogens (primary N) is 1. The van der Waals surface area contributed by atoms with Crippen LogP contribution >= 0.6 is 12.2 Å². The second-order valence-electron chi connectivity index (χ2n) is 4.31. The summed E-state index contributed by atoms with van der Waals surface area (Å²) in [6.45, 7) is 0. The van der Waals surface area contributed by atoms with Crippen LogP contribution in [-0.4, -0.2) is 12.2 Å². The second kappa shape index (κ2) is 7.31. The minimum Gasteiger partial charge on any atom is -0.497 e. The van der Waals surface area contributed by atoms with Crippen LogP contribution in [-0.2, 0) is 0 Å². The minimum absolute atomic E-state index is 0.183. The van der Waals surface area contributed by atoms with Gasteiger partial charge >= 0.3 is 0 Å². The van der Waals surface area contributed by atoms with Gasteiger partial charge in [0.25, 0.3) is 0 Å². The molecular weight excluding hydrogens is 282 g/mol. The predicted octanol–water partition coefficient (Wildman–Crippen LogP) is 2.43. The van der Waals surface area contributed by atoms with Crippen LogP contribution in [0, 0.1) is 0 Å². The van der Waals surface area contributed by atoms with Gasteiger partial charge in [-0.05, 0) is 53.7 Å². The lowest BCUT2D eigenvalue weighted by Crippen LogP contribution is -2.39. The van der Waals surface area contributed by atoms with Crippen molar-refractivity contribution >= 4 is 23.0 Å². The Morgan fingerprint density at radius 3 is 2.38 bits per heavy atom. The van der Waals surface area contributed by atoms with Crippen molar-refractivity contribution < 1.29 is 4.74 Å². The number of ether oxygens (including phenoxy) is 1. The number of hydrogen-bond acceptors (Lipinski definition) is 3. The van der Waals surface area contributed by atoms with E-state index in [9.17, 15) is 0 Å². The van der Waals surface area contributed by atoms with E-state index in [2.05, 4.69) is 10.9 Å². The Bertz CT molecular complexity index is 613. The van der Waals surface area contributed by atoms with Gasteiger partial charge in [0.15, 0.2) is 5.11 Å². The van der Waals surface area contributed by atoms with Crippen LogP contribution in [0.15, 0.2) is 66.3 Å². The number of rotatable bonds is 5. The average Bonchev–Trinajstić information content (AvgIpc) is 3.01. The van der Waals surface area contributed by atoms with E-state index in [-0.39, 0.29) is 5.11 Å². The number of nitrogens with one attached hydrogen (secondary N) is 2. The maximum absolute atomic E-state index is 5.46. The molecule has 0 aromatic heterocycles. The van der Waals surface area contributed by atoms with E-state index < -0.39 is 0 Å². The molecule has 1 aromatic rings. The summed E-state index contributed by atoms with van der Waals surface area (Å²) in [5.41, 5.74) is 14.2. The molecule has 1 aliphatic carbocycles. The van der Waals surface area contributed by atoms with Crippen molar-refractivity contribution in [3.8, 4) is 5.75 Å². The SMILES string of the molecule is COc1ccc(/C(=C/C=C2C=CC=C2)NNC(N)=S)cc1. The van der Waals surface area contributed by atoms with Crippen LogP contribution in [0.3, 0.4) is 0 Å². The van der Waals surface area contributed by atoms with E-state index in [1.54, 1.807) is 7.11 Å². The van der Waals surface area contributed by atoms with Gasteiger partial charge in [0.1, 0.15) is 5.75 Å². The smallest absolute Gasteiger partial charge is 0.182 e. The zero-order valence-electron chi connectivity index (χ0n) is 11.7. The first-order valence-electron chi connectivity index (χ1n) is 6.41. The summed E-state index contributed by atoms with van der Waals surface area (Å²) in [6, 6.07) is 7.71. The van der Waals surface area contributed by atoms with E-state index in [0.717, 1.165) is 22.6 Å². The third kappa shape index (κ3) is 4.50. The molecule has 5 heteroatoms. The van der Waals surface area contributed by atoms with E-state index >= 15 is 0 Å². The molecule has 1 aliphatic rings. The van der Waals surface area contributed by atoms with Crippen molar-refractivity contribution in [3.63, 3.8) is 0 Å². The van der Waals surface area contributed by atoms with E-state index in [1.807, 2.05) is 60.7 Å². The summed E-state index contributed by atoms with van der Waals surface area (Å²) >= 11 is 4.81. The summed E-state index contributed by atoms with van der Waals surface area (Å²) in [5, 5.41) is 0.183. The molecule has 0 saturated carbocycles. The van der Waals surface area contributed by atoms with E-state index in [4.69, 9.17) is 22.7 Å². The maximum atomic E-state index is 5.46. The van der Waals surface area contributed by atoms with Crippen molar-refractivity contribution in [1.82, 2.24) is 10.9 Å². The lowest BCUT2D eigenvalue weighted by molar-refractivity contribution is 0.415. The lowest BCUT2D eigenvalue weighted by Gasteiger charge is -2.12. The van der Waals surface area contributed by atoms with Crippen LogP contribution in [0.25, 0.3) is 5.70 Å². The normalized spacial score (nSPS) is 13.2. The maximum Gasteiger partial charge on any atom is 0.182 e. The third-order valence-corrected chi connectivity index (χ3v) is 2.95. The number of benzene rings is 1. The first kappa shape index (κ1) is 14.9. The molecule has 0 aliphatic heterocycles. The Balaban J connectivity index is 2.23. The van der Waals surface area contributed by atoms with Gasteiger partial charge in [-0.25, -0.2) is 0 Å². The Morgan fingerprint density at radius 2 is 1.81 bits per heavy atom. The van der Waals surface area contributed by atoms with Gasteiger partial charge in [0.05, 0.1) is 12.8 Å². The molecule has 0 radical (unpaired) electrons. The van der Waals surface area contributed by atoms with Gasteiger partial charge in [-0.2, -0.15) is 0 Å². The molecule has 0 amide bonds. The summed E-state index contributed by atoms with van der Waals surface area (Å²) in [6.07, 6.45) is 12.0. The van der Waals surface area contributed by atoms with Crippen molar-refractivity contribution in [2.24, 2.45) is 5.73 Å². The molecule has 2 rings (SSSR count). The number of allylic oxidation sites excluding steroid dienone is 7. The molecule has 0 atom stereocenters. The Morgan fingerprint density at radius 1 is 1.14 bits per heavy atom. The third-order valence-electron chi connectivity index (χ3n) is 2.85. The summed E-state index contributed by atoms with van der Waals surface area (Å²) < 4.78 is 5.16. The van der Waals surface area contributed by atoms with Crippen molar-refractivity contribution in [2.75, 3.05) is 7.11 Å². The summed E-state index contributed by atoms with van der Waals surface area (Å²) in [7, 11) is 1.64. The van der Waals surface area contributed by atoms with Gasteiger partial charge < -0.3 is 10.5 Å². The number of methoxy groups -OCH3 is 1. The molecular formula is C16H17N3OS. The zero-order valence-corrected chi connectivity index (χ0v) is 12.5. The van der Waals surface area contributed by atoms with Crippen LogP contribution in [0.1, 0.15) is 5.56 Å². The second-order valence-corrected chi connectivity index (χ2v) is 4.75. The highest BCUT2D eigenvalue weighted by molar-refractivity contribution is 7.80. The standard InChI is InChI=1S/C16H17N3OS/c1-20-14-9-7-13(8-10-14)15(18-19-16(17)21)11-6-12-4-2-3-5-12/h2-11,18H,1H3,(H3,17,19,21)/b15-11-. The fourth-order valence-corrected chi connectivity index (χ4v) is 1.84. The average molecular weight is 299 g/mol. The first-order valence-corrected chi connectivity index (χ1v) is 6.82. The molecule has 0 fully saturated rings. The van der Waals surface area contributed by atoms with Crippen LogP contribution in [0.5, 0.6) is 5.75 Å². The number of thiocarbonyl (C=S) groups is 1. The molecule has 0 bridgehead atoms. The van der Waals surface area contributed by atoms with Crippen LogP contribution in [0.2, 0.25) is 0 Å². The first-order chi connectivity index (χ1) is 10.2. The monoisotopic (exact) mass is 299 g/mol. The van der Waals surface area contributed by atoms with Crippen LogP contribution < -0.4 is 21.3 Å². The Kier molecular flexibility index (Phi) is 5.17. The van der Waals surface area contributed by atoms with Crippen LogP contribution in [0.4, 0.5) is 0 Å². The number of hydrogen-bond donors (Lipinski definition) is 3. The molecule has 4 nitrogen and oxygen atoms in total. The highest BCUT2D eigenvalue weighted by Gasteiger charge is 2.02. The summed E-state index contributed by atoms with van der Waals surface area (Å²) in [4.78, 5) is 0. The summed E-state index contributed by atoms with van der Waals surface area (Å²) in [5.74, 6) is 0.806. The molecule has 0 saturated heterocycles. The molecule has 21 heavy (non-hydrogen) atoms. The molecule has 0 heterocycles. The van der Waals surface area contributed by atoms with Crippen molar-refractivity contribution in [2.45, 2.75) is 0 Å². The zero-order chi connectivity index (χ0) is 15.1. The van der Waals surface area contributed by atoms with E-state index in [0.29, 0.717) is 0 Å². The van der Waals surface area contributed by atoms with Gasteiger partial charge in [0.2, 0.25) is 0 Å². The quantitative estimate of drug-likeness (QED) is 0.576. The van der Waals surface area contributed by atoms with Crippen molar-refractivity contribution in [3.05, 3.63) is 71.9 Å². The molecule has 0 unspecified atom stereocenters. The van der Waals surface area contributed by atoms with Gasteiger partial charge in [0, 0.05) is 0 Å². The molecule has 4 N–H and O–H groups in total. The largest absolute Gasteiger partial charge is 0.497 e. The van der Waals surface area contributed by atoms with Gasteiger partial charge in [-0.3, -0.25) is 10.9 Å². The number of hydrazine groups is 1. The van der Waals surface area contributed by atoms with E-state index in [1.165, 1.54) is 0 Å². The topological polar surface area (TPSA) is 59.3 Å². The molecule has 0 spiro atoms. The Labute approximate surface area is 129 Å². The Hall–Kier alpha value is -2.53.